The predicted molar refractivity (Wildman–Crippen MR) is 113 cm³/mol. The summed E-state index contributed by atoms with van der Waals surface area (Å²) >= 11 is 0. The van der Waals surface area contributed by atoms with Crippen LogP contribution in [0.3, 0.4) is 0 Å². The molecule has 0 saturated heterocycles. The van der Waals surface area contributed by atoms with Crippen LogP contribution in [0.4, 0.5) is 5.69 Å². The highest BCUT2D eigenvalue weighted by molar-refractivity contribution is 5.82. The number of non-ortho nitro benzene ring substituents is 1. The largest absolute Gasteiger partial charge is 0.496 e. The van der Waals surface area contributed by atoms with Crippen LogP contribution in [0.15, 0.2) is 64.1 Å². The van der Waals surface area contributed by atoms with E-state index in [1.165, 1.54) is 31.0 Å². The van der Waals surface area contributed by atoms with Gasteiger partial charge in [-0.05, 0) is 35.7 Å². The van der Waals surface area contributed by atoms with Gasteiger partial charge in [0.05, 0.1) is 36.3 Å². The minimum atomic E-state index is -0.493. The first kappa shape index (κ1) is 20.8. The maximum atomic E-state index is 12.0. The van der Waals surface area contributed by atoms with E-state index in [1.807, 2.05) is 24.3 Å². The number of hydrogen-bond donors (Lipinski definition) is 1. The summed E-state index contributed by atoms with van der Waals surface area (Å²) in [6, 6.07) is 15.5. The van der Waals surface area contributed by atoms with Crippen molar-refractivity contribution >= 4 is 17.8 Å². The number of furan rings is 1. The van der Waals surface area contributed by atoms with Gasteiger partial charge in [-0.15, -0.1) is 0 Å². The number of nitrogens with zero attached hydrogens (tertiary/aromatic N) is 2. The molecule has 0 aliphatic heterocycles. The summed E-state index contributed by atoms with van der Waals surface area (Å²) in [5.41, 5.74) is 5.09. The van der Waals surface area contributed by atoms with E-state index in [1.54, 1.807) is 18.2 Å². The first-order chi connectivity index (χ1) is 14.5. The summed E-state index contributed by atoms with van der Waals surface area (Å²) in [6.45, 7) is 2.08. The van der Waals surface area contributed by atoms with Crippen LogP contribution in [0.1, 0.15) is 23.8 Å². The van der Waals surface area contributed by atoms with Crippen molar-refractivity contribution in [3.05, 3.63) is 81.6 Å². The molecule has 1 amide bonds. The zero-order chi connectivity index (χ0) is 21.5. The number of hydrogen-bond acceptors (Lipinski definition) is 6. The summed E-state index contributed by atoms with van der Waals surface area (Å²) in [4.78, 5) is 22.4. The lowest BCUT2D eigenvalue weighted by Crippen LogP contribution is -2.19. The Morgan fingerprint density at radius 3 is 2.57 bits per heavy atom. The maximum absolute atomic E-state index is 12.0. The molecule has 154 valence electrons. The SMILES string of the molecule is CCc1ccc(CC(=O)N/N=C\c2ccc(-c3ccc([N+](=O)[O-])cc3OC)o2)cc1. The maximum Gasteiger partial charge on any atom is 0.273 e. The van der Waals surface area contributed by atoms with Gasteiger partial charge in [0, 0.05) is 6.07 Å². The summed E-state index contributed by atoms with van der Waals surface area (Å²) in [6.07, 6.45) is 2.57. The van der Waals surface area contributed by atoms with Crippen molar-refractivity contribution in [3.8, 4) is 17.1 Å². The van der Waals surface area contributed by atoms with Crippen LogP contribution < -0.4 is 10.2 Å². The molecule has 1 heterocycles. The summed E-state index contributed by atoms with van der Waals surface area (Å²) in [7, 11) is 1.43. The second-order valence-corrected chi connectivity index (χ2v) is 6.48. The van der Waals surface area contributed by atoms with Crippen molar-refractivity contribution in [2.24, 2.45) is 5.10 Å². The molecule has 0 bridgehead atoms. The van der Waals surface area contributed by atoms with Crippen molar-refractivity contribution in [3.63, 3.8) is 0 Å². The summed E-state index contributed by atoms with van der Waals surface area (Å²) in [5, 5.41) is 14.8. The third kappa shape index (κ3) is 5.11. The van der Waals surface area contributed by atoms with Gasteiger partial charge in [-0.2, -0.15) is 5.10 Å². The monoisotopic (exact) mass is 407 g/mol. The Morgan fingerprint density at radius 1 is 1.17 bits per heavy atom. The fourth-order valence-electron chi connectivity index (χ4n) is 2.85. The molecule has 3 aromatic rings. The summed E-state index contributed by atoms with van der Waals surface area (Å²) in [5.74, 6) is 0.965. The molecule has 30 heavy (non-hydrogen) atoms. The van der Waals surface area contributed by atoms with Crippen LogP contribution in [0.5, 0.6) is 5.75 Å². The molecule has 8 heteroatoms. The van der Waals surface area contributed by atoms with Crippen LogP contribution in [-0.4, -0.2) is 24.2 Å². The molecule has 0 aliphatic carbocycles. The molecule has 0 spiro atoms. The Hall–Kier alpha value is -3.94. The average molecular weight is 407 g/mol. The van der Waals surface area contributed by atoms with Crippen molar-refractivity contribution in [2.75, 3.05) is 7.11 Å². The van der Waals surface area contributed by atoms with Gasteiger partial charge in [0.2, 0.25) is 5.91 Å². The number of ether oxygens (including phenoxy) is 1. The van der Waals surface area contributed by atoms with E-state index < -0.39 is 4.92 Å². The quantitative estimate of drug-likeness (QED) is 0.343. The van der Waals surface area contributed by atoms with E-state index in [0.29, 0.717) is 22.8 Å². The lowest BCUT2D eigenvalue weighted by Gasteiger charge is -2.05. The van der Waals surface area contributed by atoms with E-state index in [4.69, 9.17) is 9.15 Å². The number of methoxy groups -OCH3 is 1. The van der Waals surface area contributed by atoms with E-state index >= 15 is 0 Å². The third-order valence-electron chi connectivity index (χ3n) is 4.47. The molecule has 1 N–H and O–H groups in total. The standard InChI is InChI=1S/C22H21N3O5/c1-3-15-4-6-16(7-5-15)12-22(26)24-23-14-18-9-11-20(30-18)19-10-8-17(25(27)28)13-21(19)29-2/h4-11,13-14H,3,12H2,1-2H3,(H,24,26)/b23-14-. The van der Waals surface area contributed by atoms with Crippen LogP contribution in [-0.2, 0) is 17.6 Å². The predicted octanol–water partition coefficient (Wildman–Crippen LogP) is 4.12. The third-order valence-corrected chi connectivity index (χ3v) is 4.47. The fraction of sp³-hybridized carbons (Fsp3) is 0.182. The number of nitro benzene ring substituents is 1. The van der Waals surface area contributed by atoms with Gasteiger partial charge >= 0.3 is 0 Å². The van der Waals surface area contributed by atoms with Crippen LogP contribution in [0, 0.1) is 10.1 Å². The highest BCUT2D eigenvalue weighted by Gasteiger charge is 2.15. The first-order valence-electron chi connectivity index (χ1n) is 9.32. The first-order valence-corrected chi connectivity index (χ1v) is 9.32. The molecular formula is C22H21N3O5. The van der Waals surface area contributed by atoms with Gasteiger partial charge in [0.25, 0.3) is 5.69 Å². The molecule has 0 saturated carbocycles. The van der Waals surface area contributed by atoms with E-state index in [0.717, 1.165) is 12.0 Å². The molecular weight excluding hydrogens is 386 g/mol. The Kier molecular flexibility index (Phi) is 6.59. The zero-order valence-corrected chi connectivity index (χ0v) is 16.6. The number of carbonyl (C=O) groups is 1. The van der Waals surface area contributed by atoms with Gasteiger partial charge < -0.3 is 9.15 Å². The fourth-order valence-corrected chi connectivity index (χ4v) is 2.85. The number of aryl methyl sites for hydroxylation is 1. The number of amides is 1. The zero-order valence-electron chi connectivity index (χ0n) is 16.6. The lowest BCUT2D eigenvalue weighted by atomic mass is 10.1. The second kappa shape index (κ2) is 9.51. The van der Waals surface area contributed by atoms with E-state index in [2.05, 4.69) is 17.5 Å². The molecule has 0 aliphatic rings. The number of nitrogens with one attached hydrogen (secondary N) is 1. The molecule has 2 aromatic carbocycles. The number of hydrazone groups is 1. The second-order valence-electron chi connectivity index (χ2n) is 6.48. The Labute approximate surface area is 173 Å². The lowest BCUT2D eigenvalue weighted by molar-refractivity contribution is -0.384. The minimum Gasteiger partial charge on any atom is -0.496 e. The highest BCUT2D eigenvalue weighted by Crippen LogP contribution is 2.33. The van der Waals surface area contributed by atoms with Crippen LogP contribution in [0.25, 0.3) is 11.3 Å². The molecule has 1 aromatic heterocycles. The van der Waals surface area contributed by atoms with Gasteiger partial charge in [0.1, 0.15) is 17.3 Å². The van der Waals surface area contributed by atoms with Crippen LogP contribution in [0.2, 0.25) is 0 Å². The van der Waals surface area contributed by atoms with Crippen molar-refractivity contribution in [1.29, 1.82) is 0 Å². The Bertz CT molecular complexity index is 1070. The minimum absolute atomic E-state index is 0.0732. The number of nitro groups is 1. The van der Waals surface area contributed by atoms with Gasteiger partial charge in [-0.25, -0.2) is 5.43 Å². The topological polar surface area (TPSA) is 107 Å². The van der Waals surface area contributed by atoms with Crippen molar-refractivity contribution in [2.45, 2.75) is 19.8 Å². The molecule has 0 radical (unpaired) electrons. The smallest absolute Gasteiger partial charge is 0.273 e. The van der Waals surface area contributed by atoms with Crippen molar-refractivity contribution in [1.82, 2.24) is 5.43 Å². The molecule has 0 unspecified atom stereocenters. The van der Waals surface area contributed by atoms with E-state index in [-0.39, 0.29) is 18.0 Å². The number of benzene rings is 2. The van der Waals surface area contributed by atoms with Crippen LogP contribution >= 0.6 is 0 Å². The summed E-state index contributed by atoms with van der Waals surface area (Å²) < 4.78 is 10.9. The molecule has 3 rings (SSSR count). The highest BCUT2D eigenvalue weighted by atomic mass is 16.6. The Balaban J connectivity index is 1.63. The molecule has 0 fully saturated rings. The average Bonchev–Trinajstić information content (AvgIpc) is 3.22. The number of carbonyl (C=O) groups excluding carboxylic acids is 1. The van der Waals surface area contributed by atoms with Gasteiger partial charge in [-0.1, -0.05) is 31.2 Å². The van der Waals surface area contributed by atoms with Gasteiger partial charge in [-0.3, -0.25) is 14.9 Å². The normalized spacial score (nSPS) is 10.9. The number of rotatable bonds is 8. The van der Waals surface area contributed by atoms with Gasteiger partial charge in [0.15, 0.2) is 0 Å². The Morgan fingerprint density at radius 2 is 1.90 bits per heavy atom. The van der Waals surface area contributed by atoms with Crippen molar-refractivity contribution < 1.29 is 18.9 Å². The molecule has 0 atom stereocenters. The van der Waals surface area contributed by atoms with E-state index in [9.17, 15) is 14.9 Å². The molecule has 8 nitrogen and oxygen atoms in total.